The Labute approximate surface area is 99.2 Å². The second kappa shape index (κ2) is 4.44. The number of aromatic nitrogens is 2. The van der Waals surface area contributed by atoms with Crippen LogP contribution in [0, 0.1) is 0 Å². The molecule has 2 fully saturated rings. The van der Waals surface area contributed by atoms with Gasteiger partial charge in [-0.05, 0) is 32.4 Å². The first-order chi connectivity index (χ1) is 8.33. The van der Waals surface area contributed by atoms with Gasteiger partial charge in [0, 0.05) is 12.3 Å². The molecule has 17 heavy (non-hydrogen) atoms. The maximum atomic E-state index is 11.1. The van der Waals surface area contributed by atoms with Crippen LogP contribution in [0.15, 0.2) is 4.52 Å². The van der Waals surface area contributed by atoms with Crippen LogP contribution in [0.1, 0.15) is 49.4 Å². The van der Waals surface area contributed by atoms with Gasteiger partial charge in [0.15, 0.2) is 5.82 Å². The molecule has 0 aliphatic carbocycles. The minimum atomic E-state index is -0.0783. The highest BCUT2D eigenvalue weighted by Crippen LogP contribution is 2.26. The third-order valence-corrected chi connectivity index (χ3v) is 3.46. The molecule has 92 valence electrons. The lowest BCUT2D eigenvalue weighted by Gasteiger charge is -2.19. The highest BCUT2D eigenvalue weighted by atomic mass is 16.5. The summed E-state index contributed by atoms with van der Waals surface area (Å²) in [4.78, 5) is 15.6. The van der Waals surface area contributed by atoms with Crippen LogP contribution in [0.4, 0.5) is 0 Å². The second-order valence-electron chi connectivity index (χ2n) is 4.67. The average Bonchev–Trinajstić information content (AvgIpc) is 2.98. The van der Waals surface area contributed by atoms with Crippen LogP contribution in [0.5, 0.6) is 0 Å². The van der Waals surface area contributed by atoms with Crippen molar-refractivity contribution in [1.82, 2.24) is 20.8 Å². The number of nitrogens with zero attached hydrogens (tertiary/aromatic N) is 2. The minimum absolute atomic E-state index is 0.0663. The largest absolute Gasteiger partial charge is 0.344 e. The topological polar surface area (TPSA) is 80.1 Å². The fraction of sp³-hybridized carbons (Fsp3) is 0.727. The van der Waals surface area contributed by atoms with Crippen LogP contribution in [0.2, 0.25) is 0 Å². The zero-order chi connectivity index (χ0) is 11.7. The maximum Gasteiger partial charge on any atom is 0.249 e. The summed E-state index contributed by atoms with van der Waals surface area (Å²) in [6, 6.07) is -0.0783. The molecule has 2 saturated heterocycles. The van der Waals surface area contributed by atoms with Gasteiger partial charge in [-0.1, -0.05) is 5.16 Å². The van der Waals surface area contributed by atoms with Gasteiger partial charge in [0.05, 0.1) is 0 Å². The fourth-order valence-corrected chi connectivity index (χ4v) is 2.43. The highest BCUT2D eigenvalue weighted by molar-refractivity contribution is 5.78. The van der Waals surface area contributed by atoms with Crippen molar-refractivity contribution in [3.63, 3.8) is 0 Å². The number of carbonyl (C=O) groups is 1. The Balaban J connectivity index is 1.71. The molecule has 0 aromatic carbocycles. The van der Waals surface area contributed by atoms with Gasteiger partial charge in [-0.2, -0.15) is 4.98 Å². The molecule has 3 rings (SSSR count). The van der Waals surface area contributed by atoms with Gasteiger partial charge in [-0.3, -0.25) is 4.79 Å². The standard InChI is InChI=1S/C11H16N4O2/c16-9-2-1-8(13-9)11-14-10(15-17-11)7-3-5-12-6-4-7/h7-8,12H,1-6H2,(H,13,16)/t8-/m1/s1. The summed E-state index contributed by atoms with van der Waals surface area (Å²) in [5.41, 5.74) is 0. The molecule has 0 radical (unpaired) electrons. The normalized spacial score (nSPS) is 26.1. The van der Waals surface area contributed by atoms with Crippen molar-refractivity contribution in [3.8, 4) is 0 Å². The van der Waals surface area contributed by atoms with E-state index in [1.165, 1.54) is 0 Å². The summed E-state index contributed by atoms with van der Waals surface area (Å²) in [5, 5.41) is 10.2. The lowest BCUT2D eigenvalue weighted by atomic mass is 9.98. The molecule has 6 heteroatoms. The average molecular weight is 236 g/mol. The number of nitrogens with one attached hydrogen (secondary N) is 2. The molecule has 1 aromatic heterocycles. The number of hydrogen-bond donors (Lipinski definition) is 2. The number of piperidine rings is 1. The Morgan fingerprint density at radius 1 is 1.24 bits per heavy atom. The maximum absolute atomic E-state index is 11.1. The van der Waals surface area contributed by atoms with E-state index in [4.69, 9.17) is 4.52 Å². The molecule has 2 aliphatic heterocycles. The molecule has 0 bridgehead atoms. The Morgan fingerprint density at radius 2 is 2.06 bits per heavy atom. The fourth-order valence-electron chi connectivity index (χ4n) is 2.43. The molecule has 0 unspecified atom stereocenters. The smallest absolute Gasteiger partial charge is 0.249 e. The zero-order valence-corrected chi connectivity index (χ0v) is 9.61. The van der Waals surface area contributed by atoms with E-state index in [9.17, 15) is 4.79 Å². The van der Waals surface area contributed by atoms with E-state index < -0.39 is 0 Å². The quantitative estimate of drug-likeness (QED) is 0.781. The molecular weight excluding hydrogens is 220 g/mol. The lowest BCUT2D eigenvalue weighted by Crippen LogP contribution is -2.27. The zero-order valence-electron chi connectivity index (χ0n) is 9.61. The van der Waals surface area contributed by atoms with Gasteiger partial charge >= 0.3 is 0 Å². The van der Waals surface area contributed by atoms with Crippen molar-refractivity contribution < 1.29 is 9.32 Å². The summed E-state index contributed by atoms with van der Waals surface area (Å²) < 4.78 is 5.25. The Bertz CT molecular complexity index is 411. The molecule has 1 aromatic rings. The minimum Gasteiger partial charge on any atom is -0.344 e. The van der Waals surface area contributed by atoms with E-state index in [0.29, 0.717) is 18.2 Å². The molecule has 0 saturated carbocycles. The number of hydrogen-bond acceptors (Lipinski definition) is 5. The van der Waals surface area contributed by atoms with E-state index in [0.717, 1.165) is 38.2 Å². The van der Waals surface area contributed by atoms with Crippen LogP contribution in [0.3, 0.4) is 0 Å². The van der Waals surface area contributed by atoms with E-state index in [-0.39, 0.29) is 11.9 Å². The first kappa shape index (κ1) is 10.7. The van der Waals surface area contributed by atoms with Crippen molar-refractivity contribution >= 4 is 5.91 Å². The Hall–Kier alpha value is -1.43. The molecule has 0 spiro atoms. The number of carbonyl (C=O) groups excluding carboxylic acids is 1. The summed E-state index contributed by atoms with van der Waals surface area (Å²) in [6.07, 6.45) is 3.41. The third kappa shape index (κ3) is 2.17. The molecule has 1 amide bonds. The van der Waals surface area contributed by atoms with Crippen molar-refractivity contribution in [2.24, 2.45) is 0 Å². The molecule has 6 nitrogen and oxygen atoms in total. The Kier molecular flexibility index (Phi) is 2.80. The first-order valence-electron chi connectivity index (χ1n) is 6.16. The number of amides is 1. The third-order valence-electron chi connectivity index (χ3n) is 3.46. The van der Waals surface area contributed by atoms with Gasteiger partial charge in [0.25, 0.3) is 0 Å². The van der Waals surface area contributed by atoms with Gasteiger partial charge in [-0.15, -0.1) is 0 Å². The van der Waals surface area contributed by atoms with Gasteiger partial charge in [0.1, 0.15) is 6.04 Å². The first-order valence-corrected chi connectivity index (χ1v) is 6.16. The molecule has 3 heterocycles. The molecular formula is C11H16N4O2. The summed E-state index contributed by atoms with van der Waals surface area (Å²) in [5.74, 6) is 1.81. The second-order valence-corrected chi connectivity index (χ2v) is 4.67. The van der Waals surface area contributed by atoms with E-state index in [1.54, 1.807) is 0 Å². The van der Waals surface area contributed by atoms with Crippen LogP contribution < -0.4 is 10.6 Å². The Morgan fingerprint density at radius 3 is 2.76 bits per heavy atom. The van der Waals surface area contributed by atoms with E-state index in [1.807, 2.05) is 0 Å². The monoisotopic (exact) mass is 236 g/mol. The van der Waals surface area contributed by atoms with Crippen molar-refractivity contribution in [2.75, 3.05) is 13.1 Å². The number of rotatable bonds is 2. The summed E-state index contributed by atoms with van der Waals surface area (Å²) in [7, 11) is 0. The SMILES string of the molecule is O=C1CC[C@H](c2nc(C3CCNCC3)no2)N1. The summed E-state index contributed by atoms with van der Waals surface area (Å²) >= 11 is 0. The summed E-state index contributed by atoms with van der Waals surface area (Å²) in [6.45, 7) is 2.02. The van der Waals surface area contributed by atoms with Crippen molar-refractivity contribution in [3.05, 3.63) is 11.7 Å². The van der Waals surface area contributed by atoms with Gasteiger partial charge < -0.3 is 15.2 Å². The molecule has 1 atom stereocenters. The van der Waals surface area contributed by atoms with E-state index in [2.05, 4.69) is 20.8 Å². The van der Waals surface area contributed by atoms with Crippen molar-refractivity contribution in [1.29, 1.82) is 0 Å². The lowest BCUT2D eigenvalue weighted by molar-refractivity contribution is -0.119. The van der Waals surface area contributed by atoms with Crippen LogP contribution >= 0.6 is 0 Å². The van der Waals surface area contributed by atoms with E-state index >= 15 is 0 Å². The van der Waals surface area contributed by atoms with Gasteiger partial charge in [-0.25, -0.2) is 0 Å². The predicted molar refractivity (Wildman–Crippen MR) is 59.3 cm³/mol. The predicted octanol–water partition coefficient (Wildman–Crippen LogP) is 0.488. The van der Waals surface area contributed by atoms with Gasteiger partial charge in [0.2, 0.25) is 11.8 Å². The molecule has 2 aliphatic rings. The molecule has 2 N–H and O–H groups in total. The highest BCUT2D eigenvalue weighted by Gasteiger charge is 2.29. The van der Waals surface area contributed by atoms with Crippen molar-refractivity contribution in [2.45, 2.75) is 37.6 Å². The van der Waals surface area contributed by atoms with Crippen LogP contribution in [-0.4, -0.2) is 29.1 Å². The van der Waals surface area contributed by atoms with Crippen LogP contribution in [0.25, 0.3) is 0 Å². The van der Waals surface area contributed by atoms with Crippen LogP contribution in [-0.2, 0) is 4.79 Å².